The SMILES string of the molecule is FC(F)(F)c1ccc(C2C=CC3=C4SC3NC42)cc1.N. The summed E-state index contributed by atoms with van der Waals surface area (Å²) in [6, 6.07) is 5.77. The summed E-state index contributed by atoms with van der Waals surface area (Å²) in [7, 11) is 0. The van der Waals surface area contributed by atoms with Crippen molar-refractivity contribution in [2.75, 3.05) is 0 Å². The van der Waals surface area contributed by atoms with Crippen molar-refractivity contribution in [2.45, 2.75) is 23.5 Å². The Hall–Kier alpha value is -1.24. The summed E-state index contributed by atoms with van der Waals surface area (Å²) in [5, 5.41) is 3.89. The molecule has 2 nitrogen and oxygen atoms in total. The maximum Gasteiger partial charge on any atom is 0.416 e. The zero-order valence-corrected chi connectivity index (χ0v) is 11.3. The number of benzene rings is 1. The molecule has 1 saturated heterocycles. The average molecular weight is 298 g/mol. The molecule has 0 saturated carbocycles. The van der Waals surface area contributed by atoms with Crippen LogP contribution in [0.15, 0.2) is 46.9 Å². The first kappa shape index (κ1) is 13.7. The molecular weight excluding hydrogens is 285 g/mol. The van der Waals surface area contributed by atoms with Crippen molar-refractivity contribution in [3.63, 3.8) is 0 Å². The van der Waals surface area contributed by atoms with Gasteiger partial charge in [0.2, 0.25) is 0 Å². The first-order chi connectivity index (χ1) is 9.04. The molecule has 3 heterocycles. The molecule has 1 aliphatic carbocycles. The molecular formula is C14H13F3N2S. The molecule has 0 radical (unpaired) electrons. The minimum Gasteiger partial charge on any atom is -0.344 e. The van der Waals surface area contributed by atoms with E-state index in [2.05, 4.69) is 17.5 Å². The van der Waals surface area contributed by atoms with Crippen LogP contribution in [-0.2, 0) is 6.18 Å². The molecule has 0 amide bonds. The van der Waals surface area contributed by atoms with E-state index in [-0.39, 0.29) is 18.1 Å². The fraction of sp³-hybridized carbons (Fsp3) is 0.286. The summed E-state index contributed by atoms with van der Waals surface area (Å²) in [6.07, 6.45) is -0.0617. The molecule has 1 aromatic carbocycles. The van der Waals surface area contributed by atoms with Gasteiger partial charge in [0.1, 0.15) is 0 Å². The Labute approximate surface area is 118 Å². The van der Waals surface area contributed by atoms with E-state index in [1.54, 1.807) is 12.1 Å². The van der Waals surface area contributed by atoms with E-state index in [1.165, 1.54) is 22.6 Å². The maximum atomic E-state index is 12.5. The highest BCUT2D eigenvalue weighted by Gasteiger charge is 2.47. The van der Waals surface area contributed by atoms with Gasteiger partial charge in [0, 0.05) is 10.8 Å². The molecule has 20 heavy (non-hydrogen) atoms. The standard InChI is InChI=1S/C14H10F3NS.H3N/c15-14(16,17)8-3-1-7(2-4-8)9-5-6-10-12-11(9)18-13(10)19-12;/h1-6,9,11,13,18H;1H3. The average Bonchev–Trinajstić information content (AvgIpc) is 2.88. The number of thioether (sulfide) groups is 1. The van der Waals surface area contributed by atoms with Crippen LogP contribution in [0.25, 0.3) is 0 Å². The van der Waals surface area contributed by atoms with Crippen LogP contribution in [0.1, 0.15) is 17.0 Å². The highest BCUT2D eigenvalue weighted by atomic mass is 32.2. The monoisotopic (exact) mass is 298 g/mol. The van der Waals surface area contributed by atoms with Gasteiger partial charge in [-0.1, -0.05) is 24.3 Å². The van der Waals surface area contributed by atoms with Gasteiger partial charge in [-0.25, -0.2) is 0 Å². The van der Waals surface area contributed by atoms with E-state index in [1.807, 2.05) is 11.8 Å². The lowest BCUT2D eigenvalue weighted by Crippen LogP contribution is -2.28. The van der Waals surface area contributed by atoms with Crippen molar-refractivity contribution >= 4 is 11.8 Å². The molecule has 1 fully saturated rings. The van der Waals surface area contributed by atoms with Gasteiger partial charge in [-0.15, -0.1) is 11.8 Å². The van der Waals surface area contributed by atoms with Crippen LogP contribution in [-0.4, -0.2) is 11.4 Å². The molecule has 4 N–H and O–H groups in total. The Morgan fingerprint density at radius 2 is 1.80 bits per heavy atom. The van der Waals surface area contributed by atoms with Gasteiger partial charge in [-0.3, -0.25) is 5.32 Å². The summed E-state index contributed by atoms with van der Waals surface area (Å²) in [5.41, 5.74) is 1.70. The lowest BCUT2D eigenvalue weighted by molar-refractivity contribution is -0.137. The van der Waals surface area contributed by atoms with Gasteiger partial charge >= 0.3 is 6.18 Å². The van der Waals surface area contributed by atoms with Gasteiger partial charge in [0.25, 0.3) is 0 Å². The van der Waals surface area contributed by atoms with Crippen LogP contribution in [0, 0.1) is 0 Å². The molecule has 6 heteroatoms. The lowest BCUT2D eigenvalue weighted by atomic mass is 9.87. The summed E-state index contributed by atoms with van der Waals surface area (Å²) in [6.45, 7) is 0. The third kappa shape index (κ3) is 1.82. The van der Waals surface area contributed by atoms with E-state index in [4.69, 9.17) is 0 Å². The number of nitrogens with one attached hydrogen (secondary N) is 1. The fourth-order valence-electron chi connectivity index (χ4n) is 2.90. The zero-order valence-electron chi connectivity index (χ0n) is 10.4. The third-order valence-electron chi connectivity index (χ3n) is 3.89. The molecule has 106 valence electrons. The van der Waals surface area contributed by atoms with Crippen LogP contribution in [0.3, 0.4) is 0 Å². The fourth-order valence-corrected chi connectivity index (χ4v) is 4.20. The number of hydrogen-bond acceptors (Lipinski definition) is 3. The van der Waals surface area contributed by atoms with E-state index in [0.29, 0.717) is 5.37 Å². The molecule has 4 bridgehead atoms. The Bertz CT molecular complexity index is 604. The number of alkyl halides is 3. The van der Waals surface area contributed by atoms with Crippen LogP contribution in [0.4, 0.5) is 13.2 Å². The number of rotatable bonds is 1. The highest BCUT2D eigenvalue weighted by molar-refractivity contribution is 8.05. The van der Waals surface area contributed by atoms with Gasteiger partial charge in [-0.2, -0.15) is 13.2 Å². The summed E-state index contributed by atoms with van der Waals surface area (Å²) < 4.78 is 37.6. The summed E-state index contributed by atoms with van der Waals surface area (Å²) in [5.74, 6) is 0.140. The first-order valence-electron chi connectivity index (χ1n) is 6.06. The summed E-state index contributed by atoms with van der Waals surface area (Å²) >= 11 is 1.83. The van der Waals surface area contributed by atoms with E-state index < -0.39 is 11.7 Å². The normalized spacial score (nSPS) is 30.1. The summed E-state index contributed by atoms with van der Waals surface area (Å²) in [4.78, 5) is 1.36. The van der Waals surface area contributed by atoms with Crippen molar-refractivity contribution in [1.82, 2.24) is 11.5 Å². The third-order valence-corrected chi connectivity index (χ3v) is 5.26. The predicted molar refractivity (Wildman–Crippen MR) is 73.7 cm³/mol. The first-order valence-corrected chi connectivity index (χ1v) is 6.94. The Morgan fingerprint density at radius 3 is 2.45 bits per heavy atom. The molecule has 3 unspecified atom stereocenters. The minimum atomic E-state index is -4.26. The van der Waals surface area contributed by atoms with Gasteiger partial charge < -0.3 is 6.15 Å². The smallest absolute Gasteiger partial charge is 0.344 e. The molecule has 4 aliphatic rings. The van der Waals surface area contributed by atoms with Crippen LogP contribution in [0.5, 0.6) is 0 Å². The van der Waals surface area contributed by atoms with E-state index in [0.717, 1.165) is 5.56 Å². The zero-order chi connectivity index (χ0) is 13.2. The van der Waals surface area contributed by atoms with Crippen molar-refractivity contribution in [3.05, 3.63) is 58.0 Å². The second kappa shape index (κ2) is 4.38. The molecule has 1 aromatic rings. The Kier molecular flexibility index (Phi) is 3.00. The van der Waals surface area contributed by atoms with Crippen molar-refractivity contribution in [1.29, 1.82) is 0 Å². The van der Waals surface area contributed by atoms with Crippen molar-refractivity contribution < 1.29 is 13.2 Å². The highest BCUT2D eigenvalue weighted by Crippen LogP contribution is 2.55. The lowest BCUT2D eigenvalue weighted by Gasteiger charge is -2.26. The van der Waals surface area contributed by atoms with Crippen LogP contribution < -0.4 is 11.5 Å². The van der Waals surface area contributed by atoms with E-state index >= 15 is 0 Å². The second-order valence-electron chi connectivity index (χ2n) is 4.97. The largest absolute Gasteiger partial charge is 0.416 e. The quantitative estimate of drug-likeness (QED) is 0.828. The topological polar surface area (TPSA) is 47.0 Å². The molecule has 0 spiro atoms. The predicted octanol–water partition coefficient (Wildman–Crippen LogP) is 3.82. The Morgan fingerprint density at radius 1 is 1.10 bits per heavy atom. The van der Waals surface area contributed by atoms with Crippen molar-refractivity contribution in [3.8, 4) is 0 Å². The molecule has 5 rings (SSSR count). The Balaban J connectivity index is 0.00000121. The second-order valence-corrected chi connectivity index (χ2v) is 6.11. The molecule has 3 aliphatic heterocycles. The number of hydrogen-bond donors (Lipinski definition) is 2. The van der Waals surface area contributed by atoms with Gasteiger partial charge in [-0.05, 0) is 23.3 Å². The molecule has 3 atom stereocenters. The van der Waals surface area contributed by atoms with Crippen LogP contribution >= 0.6 is 11.8 Å². The van der Waals surface area contributed by atoms with E-state index in [9.17, 15) is 13.2 Å². The number of halogens is 3. The maximum absolute atomic E-state index is 12.5. The van der Waals surface area contributed by atoms with Gasteiger partial charge in [0.15, 0.2) is 0 Å². The van der Waals surface area contributed by atoms with Crippen molar-refractivity contribution in [2.24, 2.45) is 0 Å². The van der Waals surface area contributed by atoms with Crippen LogP contribution in [0.2, 0.25) is 0 Å². The molecule has 0 aromatic heterocycles. The minimum absolute atomic E-state index is 0. The van der Waals surface area contributed by atoms with Gasteiger partial charge in [0.05, 0.1) is 17.0 Å².